The molecule has 2 aliphatic rings. The molecule has 0 aliphatic carbocycles. The maximum atomic E-state index is 12.6. The van der Waals surface area contributed by atoms with Crippen molar-refractivity contribution in [2.24, 2.45) is 0 Å². The number of hydrogen-bond donors (Lipinski definition) is 0. The number of benzene rings is 1. The monoisotopic (exact) mass is 350 g/mol. The summed E-state index contributed by atoms with van der Waals surface area (Å²) in [5.74, 6) is 0.946. The number of carbonyl (C=O) groups excluding carboxylic acids is 1. The van der Waals surface area contributed by atoms with E-state index in [-0.39, 0.29) is 5.91 Å². The number of likely N-dealkylation sites (N-methyl/N-ethyl adjacent to an activating group) is 1. The highest BCUT2D eigenvalue weighted by Gasteiger charge is 2.25. The molecule has 1 fully saturated rings. The second-order valence-corrected chi connectivity index (χ2v) is 6.28. The Morgan fingerprint density at radius 2 is 2.05 bits per heavy atom. The summed E-state index contributed by atoms with van der Waals surface area (Å²) in [6.45, 7) is 7.09. The van der Waals surface area contributed by atoms with Crippen LogP contribution in [-0.4, -0.2) is 55.0 Å². The number of ether oxygens (including phenoxy) is 1. The third-order valence-electron chi connectivity index (χ3n) is 4.07. The van der Waals surface area contributed by atoms with Gasteiger partial charge in [0.1, 0.15) is 12.4 Å². The zero-order valence-corrected chi connectivity index (χ0v) is 13.7. The fourth-order valence-electron chi connectivity index (χ4n) is 2.74. The highest BCUT2D eigenvalue weighted by molar-refractivity contribution is 9.10. The lowest BCUT2D eigenvalue weighted by atomic mass is 10.1. The molecule has 2 aliphatic heterocycles. The first kappa shape index (κ1) is 14.6. The second kappa shape index (κ2) is 6.20. The van der Waals surface area contributed by atoms with Gasteiger partial charge >= 0.3 is 0 Å². The van der Waals surface area contributed by atoms with Crippen molar-refractivity contribution < 1.29 is 9.53 Å². The minimum absolute atomic E-state index is 0.108. The van der Waals surface area contributed by atoms with E-state index in [1.54, 1.807) is 0 Å². The van der Waals surface area contributed by atoms with Crippen molar-refractivity contribution >= 4 is 27.9 Å². The third kappa shape index (κ3) is 3.14. The van der Waals surface area contributed by atoms with Crippen LogP contribution in [0.3, 0.4) is 0 Å². The Bertz CT molecular complexity index is 578. The first-order chi connectivity index (χ1) is 10.2. The summed E-state index contributed by atoms with van der Waals surface area (Å²) in [4.78, 5) is 16.9. The van der Waals surface area contributed by atoms with E-state index in [1.807, 2.05) is 29.2 Å². The highest BCUT2D eigenvalue weighted by Crippen LogP contribution is 2.29. The van der Waals surface area contributed by atoms with Gasteiger partial charge in [-0.05, 0) is 30.8 Å². The van der Waals surface area contributed by atoms with E-state index >= 15 is 0 Å². The van der Waals surface area contributed by atoms with E-state index in [0.29, 0.717) is 6.61 Å². The lowest BCUT2D eigenvalue weighted by Gasteiger charge is -2.34. The van der Waals surface area contributed by atoms with Gasteiger partial charge in [-0.1, -0.05) is 22.9 Å². The maximum Gasteiger partial charge on any atom is 0.253 e. The Morgan fingerprint density at radius 1 is 1.29 bits per heavy atom. The summed E-state index contributed by atoms with van der Waals surface area (Å²) in [5.41, 5.74) is 1.71. The SMILES string of the molecule is CCN1CCN(C(=O)C2=Cc3cc(Br)ccc3OC2)CC1. The molecule has 4 nitrogen and oxygen atoms in total. The van der Waals surface area contributed by atoms with E-state index in [9.17, 15) is 4.79 Å². The van der Waals surface area contributed by atoms with Crippen LogP contribution in [-0.2, 0) is 4.79 Å². The van der Waals surface area contributed by atoms with Crippen LogP contribution in [0.15, 0.2) is 28.2 Å². The van der Waals surface area contributed by atoms with Crippen molar-refractivity contribution in [2.45, 2.75) is 6.92 Å². The lowest BCUT2D eigenvalue weighted by molar-refractivity contribution is -0.129. The average molecular weight is 351 g/mol. The summed E-state index contributed by atoms with van der Waals surface area (Å²) in [6.07, 6.45) is 1.96. The quantitative estimate of drug-likeness (QED) is 0.820. The molecule has 0 radical (unpaired) electrons. The van der Waals surface area contributed by atoms with E-state index in [1.165, 1.54) is 0 Å². The minimum atomic E-state index is 0.108. The van der Waals surface area contributed by atoms with Crippen molar-refractivity contribution in [3.05, 3.63) is 33.8 Å². The van der Waals surface area contributed by atoms with Crippen LogP contribution in [0.25, 0.3) is 6.08 Å². The molecule has 0 bridgehead atoms. The molecule has 3 rings (SSSR count). The molecule has 21 heavy (non-hydrogen) atoms. The Kier molecular flexibility index (Phi) is 4.31. The van der Waals surface area contributed by atoms with Crippen molar-refractivity contribution in [3.63, 3.8) is 0 Å². The van der Waals surface area contributed by atoms with Gasteiger partial charge in [0.25, 0.3) is 5.91 Å². The van der Waals surface area contributed by atoms with Gasteiger partial charge in [0.15, 0.2) is 0 Å². The number of amides is 1. The Hall–Kier alpha value is -1.33. The summed E-state index contributed by atoms with van der Waals surface area (Å²) in [5, 5.41) is 0. The van der Waals surface area contributed by atoms with Crippen molar-refractivity contribution in [2.75, 3.05) is 39.3 Å². The topological polar surface area (TPSA) is 32.8 Å². The highest BCUT2D eigenvalue weighted by atomic mass is 79.9. The van der Waals surface area contributed by atoms with Crippen molar-refractivity contribution in [3.8, 4) is 5.75 Å². The molecule has 2 heterocycles. The van der Waals surface area contributed by atoms with Gasteiger partial charge in [-0.25, -0.2) is 0 Å². The Morgan fingerprint density at radius 3 is 2.76 bits per heavy atom. The number of halogens is 1. The van der Waals surface area contributed by atoms with Crippen LogP contribution in [0.1, 0.15) is 12.5 Å². The van der Waals surface area contributed by atoms with Gasteiger partial charge < -0.3 is 14.5 Å². The normalized spacial score (nSPS) is 18.8. The predicted molar refractivity (Wildman–Crippen MR) is 86.3 cm³/mol. The number of hydrogen-bond acceptors (Lipinski definition) is 3. The number of fused-ring (bicyclic) bond motifs is 1. The molecule has 0 atom stereocenters. The van der Waals surface area contributed by atoms with Crippen LogP contribution in [0.2, 0.25) is 0 Å². The van der Waals surface area contributed by atoms with Crippen LogP contribution in [0, 0.1) is 0 Å². The number of nitrogens with zero attached hydrogens (tertiary/aromatic N) is 2. The zero-order chi connectivity index (χ0) is 14.8. The third-order valence-corrected chi connectivity index (χ3v) is 4.56. The Balaban J connectivity index is 1.74. The van der Waals surface area contributed by atoms with E-state index in [2.05, 4.69) is 27.8 Å². The van der Waals surface area contributed by atoms with Crippen LogP contribution >= 0.6 is 15.9 Å². The summed E-state index contributed by atoms with van der Waals surface area (Å²) < 4.78 is 6.69. The summed E-state index contributed by atoms with van der Waals surface area (Å²) in [7, 11) is 0. The molecule has 0 N–H and O–H groups in total. The van der Waals surface area contributed by atoms with Crippen LogP contribution in [0.4, 0.5) is 0 Å². The molecule has 1 saturated heterocycles. The molecule has 0 saturated carbocycles. The first-order valence-electron chi connectivity index (χ1n) is 7.32. The number of rotatable bonds is 2. The van der Waals surface area contributed by atoms with Gasteiger partial charge in [-0.3, -0.25) is 4.79 Å². The molecule has 5 heteroatoms. The number of carbonyl (C=O) groups is 1. The standard InChI is InChI=1S/C16H19BrN2O2/c1-2-18-5-7-19(8-6-18)16(20)13-9-12-10-14(17)3-4-15(12)21-11-13/h3-4,9-10H,2,5-8,11H2,1H3. The molecule has 1 amide bonds. The van der Waals surface area contributed by atoms with Crippen LogP contribution in [0.5, 0.6) is 5.75 Å². The molecule has 1 aromatic carbocycles. The van der Waals surface area contributed by atoms with E-state index in [0.717, 1.165) is 54.1 Å². The molecule has 1 aromatic rings. The number of piperazine rings is 1. The molecular formula is C16H19BrN2O2. The Labute approximate surface area is 133 Å². The molecule has 0 aromatic heterocycles. The molecular weight excluding hydrogens is 332 g/mol. The molecule has 0 unspecified atom stereocenters. The van der Waals surface area contributed by atoms with E-state index in [4.69, 9.17) is 4.74 Å². The zero-order valence-electron chi connectivity index (χ0n) is 12.1. The molecule has 112 valence electrons. The predicted octanol–water partition coefficient (Wildman–Crippen LogP) is 2.39. The smallest absolute Gasteiger partial charge is 0.253 e. The largest absolute Gasteiger partial charge is 0.488 e. The molecule has 0 spiro atoms. The van der Waals surface area contributed by atoms with Gasteiger partial charge in [0.2, 0.25) is 0 Å². The summed E-state index contributed by atoms with van der Waals surface area (Å²) in [6, 6.07) is 5.86. The van der Waals surface area contributed by atoms with Gasteiger partial charge in [-0.15, -0.1) is 0 Å². The first-order valence-corrected chi connectivity index (χ1v) is 8.11. The van der Waals surface area contributed by atoms with Gasteiger partial charge in [0, 0.05) is 36.2 Å². The fourth-order valence-corrected chi connectivity index (χ4v) is 3.12. The summed E-state index contributed by atoms with van der Waals surface area (Å²) >= 11 is 3.45. The lowest BCUT2D eigenvalue weighted by Crippen LogP contribution is -2.49. The maximum absolute atomic E-state index is 12.6. The second-order valence-electron chi connectivity index (χ2n) is 5.37. The van der Waals surface area contributed by atoms with Gasteiger partial charge in [-0.2, -0.15) is 0 Å². The average Bonchev–Trinajstić information content (AvgIpc) is 2.53. The van der Waals surface area contributed by atoms with Crippen molar-refractivity contribution in [1.82, 2.24) is 9.80 Å². The van der Waals surface area contributed by atoms with Gasteiger partial charge in [0.05, 0.1) is 5.57 Å². The van der Waals surface area contributed by atoms with Crippen LogP contribution < -0.4 is 4.74 Å². The van der Waals surface area contributed by atoms with E-state index < -0.39 is 0 Å². The fraction of sp³-hybridized carbons (Fsp3) is 0.438. The minimum Gasteiger partial charge on any atom is -0.488 e. The van der Waals surface area contributed by atoms with Crippen molar-refractivity contribution in [1.29, 1.82) is 0 Å².